The molecule has 1 atom stereocenters. The summed E-state index contributed by atoms with van der Waals surface area (Å²) in [6.45, 7) is 2.78. The van der Waals surface area contributed by atoms with E-state index in [1.165, 1.54) is 19.3 Å². The lowest BCUT2D eigenvalue weighted by Gasteiger charge is -2.27. The van der Waals surface area contributed by atoms with Crippen molar-refractivity contribution in [3.63, 3.8) is 0 Å². The number of carbonyl (C=O) groups excluding carboxylic acids is 1. The quantitative estimate of drug-likeness (QED) is 0.456. The molecule has 2 aromatic carbocycles. The molecule has 3 aromatic rings. The van der Waals surface area contributed by atoms with Crippen LogP contribution in [-0.2, 0) is 11.2 Å². The summed E-state index contributed by atoms with van der Waals surface area (Å²) in [7, 11) is 0. The van der Waals surface area contributed by atoms with E-state index in [1.807, 2.05) is 30.3 Å². The second kappa shape index (κ2) is 11.5. The first-order valence-corrected chi connectivity index (χ1v) is 12.1. The Morgan fingerprint density at radius 2 is 1.83 bits per heavy atom. The zero-order chi connectivity index (χ0) is 24.6. The van der Waals surface area contributed by atoms with Gasteiger partial charge in [0.15, 0.2) is 0 Å². The average molecular weight is 470 g/mol. The van der Waals surface area contributed by atoms with Gasteiger partial charge < -0.3 is 21.1 Å². The number of nitrogens with one attached hydrogen (secondary N) is 1. The summed E-state index contributed by atoms with van der Waals surface area (Å²) in [5.74, 6) is 0.0731. The number of phenolic OH excluding ortho intramolecular Hbond substituents is 1. The molecule has 1 aliphatic rings. The predicted octanol–water partition coefficient (Wildman–Crippen LogP) is 4.18. The fourth-order valence-electron chi connectivity index (χ4n) is 4.61. The van der Waals surface area contributed by atoms with Crippen LogP contribution in [-0.4, -0.2) is 40.5 Å². The van der Waals surface area contributed by atoms with Gasteiger partial charge in [0.05, 0.1) is 17.3 Å². The van der Waals surface area contributed by atoms with Crippen molar-refractivity contribution >= 4 is 11.7 Å². The number of hydrogen-bond acceptors (Lipinski definition) is 6. The third kappa shape index (κ3) is 6.17. The second-order valence-corrected chi connectivity index (χ2v) is 8.95. The van der Waals surface area contributed by atoms with Gasteiger partial charge in [0, 0.05) is 18.5 Å². The molecule has 2 heterocycles. The Morgan fingerprint density at radius 1 is 1.11 bits per heavy atom. The van der Waals surface area contributed by atoms with Crippen LogP contribution in [0.1, 0.15) is 48.4 Å². The fourth-order valence-corrected chi connectivity index (χ4v) is 4.61. The molecule has 1 saturated heterocycles. The van der Waals surface area contributed by atoms with Crippen LogP contribution in [0.25, 0.3) is 11.3 Å². The Bertz CT molecular complexity index is 1200. The van der Waals surface area contributed by atoms with E-state index in [1.54, 1.807) is 30.3 Å². The van der Waals surface area contributed by atoms with Gasteiger partial charge in [-0.15, -0.1) is 0 Å². The summed E-state index contributed by atoms with van der Waals surface area (Å²) in [5, 5.41) is 23.4. The Morgan fingerprint density at radius 3 is 2.54 bits per heavy atom. The number of likely N-dealkylation sites (tertiary alicyclic amines) is 1. The zero-order valence-corrected chi connectivity index (χ0v) is 19.8. The van der Waals surface area contributed by atoms with E-state index in [2.05, 4.69) is 21.3 Å². The standard InChI is InChI=1S/C28H31N5O2/c29-19-23-22(18-25(32-28(23)30)21-11-5-6-12-26(21)34)24(17-20-9-3-1-4-10-20)31-27(35)13-16-33-14-7-2-8-15-33/h1,3-6,9-12,18,24,34H,2,7-8,13-17H2,(H2,30,32)(H,31,35)/t24-/m0/s1. The van der Waals surface area contributed by atoms with Crippen LogP contribution < -0.4 is 11.1 Å². The molecule has 1 aromatic heterocycles. The number of piperidine rings is 1. The number of amides is 1. The van der Waals surface area contributed by atoms with Crippen LogP contribution in [0.2, 0.25) is 0 Å². The molecule has 0 spiro atoms. The molecule has 4 rings (SSSR count). The van der Waals surface area contributed by atoms with E-state index >= 15 is 0 Å². The minimum Gasteiger partial charge on any atom is -0.507 e. The number of hydrogen-bond donors (Lipinski definition) is 3. The normalized spacial score (nSPS) is 14.7. The van der Waals surface area contributed by atoms with E-state index < -0.39 is 6.04 Å². The van der Waals surface area contributed by atoms with E-state index in [4.69, 9.17) is 5.73 Å². The van der Waals surface area contributed by atoms with Crippen molar-refractivity contribution in [3.8, 4) is 23.1 Å². The van der Waals surface area contributed by atoms with E-state index in [0.29, 0.717) is 29.7 Å². The molecule has 0 bridgehead atoms. The molecular formula is C28H31N5O2. The van der Waals surface area contributed by atoms with Gasteiger partial charge in [-0.3, -0.25) is 4.79 Å². The lowest BCUT2D eigenvalue weighted by atomic mass is 9.93. The number of benzene rings is 2. The molecule has 180 valence electrons. The highest BCUT2D eigenvalue weighted by molar-refractivity contribution is 5.77. The van der Waals surface area contributed by atoms with Crippen molar-refractivity contribution in [2.75, 3.05) is 25.4 Å². The monoisotopic (exact) mass is 469 g/mol. The number of para-hydroxylation sites is 1. The summed E-state index contributed by atoms with van der Waals surface area (Å²) >= 11 is 0. The minimum absolute atomic E-state index is 0.0695. The zero-order valence-electron chi connectivity index (χ0n) is 19.8. The smallest absolute Gasteiger partial charge is 0.221 e. The number of aromatic hydroxyl groups is 1. The van der Waals surface area contributed by atoms with E-state index in [-0.39, 0.29) is 23.0 Å². The first-order valence-electron chi connectivity index (χ1n) is 12.1. The number of nitriles is 1. The number of phenols is 1. The van der Waals surface area contributed by atoms with Crippen LogP contribution in [0.3, 0.4) is 0 Å². The number of anilines is 1. The molecule has 0 radical (unpaired) electrons. The summed E-state index contributed by atoms with van der Waals surface area (Å²) in [6.07, 6.45) is 4.49. The largest absolute Gasteiger partial charge is 0.507 e. The van der Waals surface area contributed by atoms with Gasteiger partial charge >= 0.3 is 0 Å². The Labute approximate surface area is 206 Å². The average Bonchev–Trinajstić information content (AvgIpc) is 2.88. The lowest BCUT2D eigenvalue weighted by Crippen LogP contribution is -2.36. The summed E-state index contributed by atoms with van der Waals surface area (Å²) in [6, 6.07) is 20.1. The van der Waals surface area contributed by atoms with Crippen LogP contribution >= 0.6 is 0 Å². The topological polar surface area (TPSA) is 115 Å². The molecule has 1 amide bonds. The molecule has 35 heavy (non-hydrogen) atoms. The minimum atomic E-state index is -0.476. The second-order valence-electron chi connectivity index (χ2n) is 8.95. The summed E-state index contributed by atoms with van der Waals surface area (Å²) in [4.78, 5) is 19.8. The van der Waals surface area contributed by atoms with Crippen LogP contribution in [0.5, 0.6) is 5.75 Å². The summed E-state index contributed by atoms with van der Waals surface area (Å²) < 4.78 is 0. The first kappa shape index (κ1) is 24.2. The van der Waals surface area contributed by atoms with Crippen molar-refractivity contribution in [2.45, 2.75) is 38.1 Å². The Balaban J connectivity index is 1.65. The Kier molecular flexibility index (Phi) is 7.96. The van der Waals surface area contributed by atoms with Gasteiger partial charge in [0.2, 0.25) is 5.91 Å². The number of carbonyl (C=O) groups is 1. The molecule has 4 N–H and O–H groups in total. The number of nitrogens with zero attached hydrogens (tertiary/aromatic N) is 3. The van der Waals surface area contributed by atoms with Gasteiger partial charge in [0.25, 0.3) is 0 Å². The highest BCUT2D eigenvalue weighted by Crippen LogP contribution is 2.33. The molecule has 7 nitrogen and oxygen atoms in total. The van der Waals surface area contributed by atoms with Gasteiger partial charge in [-0.05, 0) is 61.7 Å². The number of pyridine rings is 1. The SMILES string of the molecule is N#Cc1c([C@H](Cc2ccccc2)NC(=O)CCN2CCCCC2)cc(-c2ccccc2O)nc1N. The van der Waals surface area contributed by atoms with Crippen molar-refractivity contribution in [1.29, 1.82) is 5.26 Å². The number of aromatic nitrogens is 1. The molecule has 1 fully saturated rings. The van der Waals surface area contributed by atoms with Crippen molar-refractivity contribution in [3.05, 3.63) is 77.4 Å². The maximum Gasteiger partial charge on any atom is 0.221 e. The molecule has 0 saturated carbocycles. The van der Waals surface area contributed by atoms with Gasteiger partial charge in [0.1, 0.15) is 17.6 Å². The summed E-state index contributed by atoms with van der Waals surface area (Å²) in [5.41, 5.74) is 9.03. The maximum absolute atomic E-state index is 13.0. The molecule has 7 heteroatoms. The van der Waals surface area contributed by atoms with Crippen LogP contribution in [0, 0.1) is 11.3 Å². The van der Waals surface area contributed by atoms with Crippen molar-refractivity contribution < 1.29 is 9.90 Å². The number of rotatable bonds is 8. The van der Waals surface area contributed by atoms with E-state index in [9.17, 15) is 15.2 Å². The van der Waals surface area contributed by atoms with Crippen LogP contribution in [0.4, 0.5) is 5.82 Å². The predicted molar refractivity (Wildman–Crippen MR) is 136 cm³/mol. The van der Waals surface area contributed by atoms with Gasteiger partial charge in [-0.1, -0.05) is 48.9 Å². The lowest BCUT2D eigenvalue weighted by molar-refractivity contribution is -0.122. The Hall–Kier alpha value is -3.89. The van der Waals surface area contributed by atoms with Crippen LogP contribution in [0.15, 0.2) is 60.7 Å². The third-order valence-electron chi connectivity index (χ3n) is 6.47. The van der Waals surface area contributed by atoms with Gasteiger partial charge in [-0.2, -0.15) is 5.26 Å². The first-order chi connectivity index (χ1) is 17.0. The molecule has 0 aliphatic carbocycles. The highest BCUT2D eigenvalue weighted by atomic mass is 16.3. The number of nitrogens with two attached hydrogens (primary N) is 1. The molecule has 1 aliphatic heterocycles. The van der Waals surface area contributed by atoms with Gasteiger partial charge in [-0.25, -0.2) is 4.98 Å². The molecule has 0 unspecified atom stereocenters. The number of nitrogen functional groups attached to an aromatic ring is 1. The third-order valence-corrected chi connectivity index (χ3v) is 6.47. The van der Waals surface area contributed by atoms with E-state index in [0.717, 1.165) is 25.2 Å². The highest BCUT2D eigenvalue weighted by Gasteiger charge is 2.23. The fraction of sp³-hybridized carbons (Fsp3) is 0.321. The van der Waals surface area contributed by atoms with Crippen molar-refractivity contribution in [2.24, 2.45) is 0 Å². The maximum atomic E-state index is 13.0. The van der Waals surface area contributed by atoms with Crippen molar-refractivity contribution in [1.82, 2.24) is 15.2 Å². The molecular weight excluding hydrogens is 438 g/mol.